The maximum atomic E-state index is 12.6. The van der Waals surface area contributed by atoms with Gasteiger partial charge in [0.1, 0.15) is 0 Å². The van der Waals surface area contributed by atoms with E-state index in [-0.39, 0.29) is 11.3 Å². The lowest BCUT2D eigenvalue weighted by Crippen LogP contribution is -2.13. The van der Waals surface area contributed by atoms with E-state index in [0.29, 0.717) is 12.1 Å². The number of alkyl halides is 3. The normalized spacial score (nSPS) is 11.9. The Hall–Kier alpha value is -1.36. The lowest BCUT2D eigenvalue weighted by atomic mass is 10.0. The standard InChI is InChI=1S/C12H14F3NO/c1-8(17)10-4-9(7-16(2)3)5-11(6-10)12(13,14)15/h4-6H,7H2,1-3H3. The second-order valence-electron chi connectivity index (χ2n) is 4.21. The van der Waals surface area contributed by atoms with Crippen molar-refractivity contribution in [1.82, 2.24) is 4.90 Å². The molecule has 0 bridgehead atoms. The van der Waals surface area contributed by atoms with Crippen LogP contribution in [-0.2, 0) is 12.7 Å². The molecule has 2 nitrogen and oxygen atoms in total. The highest BCUT2D eigenvalue weighted by molar-refractivity contribution is 5.94. The third-order valence-electron chi connectivity index (χ3n) is 2.23. The Bertz CT molecular complexity index is 424. The lowest BCUT2D eigenvalue weighted by molar-refractivity contribution is -0.137. The van der Waals surface area contributed by atoms with Gasteiger partial charge in [0.25, 0.3) is 0 Å². The van der Waals surface area contributed by atoms with Crippen LogP contribution >= 0.6 is 0 Å². The van der Waals surface area contributed by atoms with Crippen molar-refractivity contribution in [3.8, 4) is 0 Å². The molecule has 17 heavy (non-hydrogen) atoms. The molecule has 5 heteroatoms. The molecule has 0 saturated carbocycles. The molecule has 0 fully saturated rings. The van der Waals surface area contributed by atoms with E-state index < -0.39 is 11.7 Å². The van der Waals surface area contributed by atoms with E-state index in [1.165, 1.54) is 13.0 Å². The van der Waals surface area contributed by atoms with Gasteiger partial charge in [-0.3, -0.25) is 4.79 Å². The van der Waals surface area contributed by atoms with Gasteiger partial charge < -0.3 is 4.90 Å². The Morgan fingerprint density at radius 3 is 2.24 bits per heavy atom. The summed E-state index contributed by atoms with van der Waals surface area (Å²) in [5, 5.41) is 0. The first-order chi connectivity index (χ1) is 7.70. The highest BCUT2D eigenvalue weighted by atomic mass is 19.4. The number of ketones is 1. The number of rotatable bonds is 3. The summed E-state index contributed by atoms with van der Waals surface area (Å²) in [5.74, 6) is -0.365. The Morgan fingerprint density at radius 1 is 1.24 bits per heavy atom. The second-order valence-corrected chi connectivity index (χ2v) is 4.21. The van der Waals surface area contributed by atoms with Crippen molar-refractivity contribution in [1.29, 1.82) is 0 Å². The predicted molar refractivity (Wildman–Crippen MR) is 58.8 cm³/mol. The predicted octanol–water partition coefficient (Wildman–Crippen LogP) is 2.97. The van der Waals surface area contributed by atoms with Gasteiger partial charge >= 0.3 is 6.18 Å². The topological polar surface area (TPSA) is 20.3 Å². The van der Waals surface area contributed by atoms with Gasteiger partial charge in [-0.1, -0.05) is 0 Å². The summed E-state index contributed by atoms with van der Waals surface area (Å²) in [6.07, 6.45) is -4.42. The van der Waals surface area contributed by atoms with E-state index in [2.05, 4.69) is 0 Å². The number of Topliss-reactive ketones (excluding diaryl/α,β-unsaturated/α-hetero) is 1. The molecule has 0 saturated heterocycles. The van der Waals surface area contributed by atoms with Crippen LogP contribution in [0.25, 0.3) is 0 Å². The highest BCUT2D eigenvalue weighted by Gasteiger charge is 2.31. The zero-order valence-corrected chi connectivity index (χ0v) is 9.93. The van der Waals surface area contributed by atoms with E-state index in [1.54, 1.807) is 19.0 Å². The first kappa shape index (κ1) is 13.7. The van der Waals surface area contributed by atoms with Gasteiger partial charge in [-0.05, 0) is 44.8 Å². The van der Waals surface area contributed by atoms with Crippen molar-refractivity contribution in [3.05, 3.63) is 34.9 Å². The fraction of sp³-hybridized carbons (Fsp3) is 0.417. The molecule has 94 valence electrons. The molecule has 0 aromatic heterocycles. The number of halogens is 3. The van der Waals surface area contributed by atoms with Crippen molar-refractivity contribution in [2.75, 3.05) is 14.1 Å². The third-order valence-corrected chi connectivity index (χ3v) is 2.23. The Kier molecular flexibility index (Phi) is 3.93. The molecule has 0 spiro atoms. The molecular weight excluding hydrogens is 231 g/mol. The zero-order chi connectivity index (χ0) is 13.2. The average molecular weight is 245 g/mol. The molecule has 1 rings (SSSR count). The minimum absolute atomic E-state index is 0.0941. The number of carbonyl (C=O) groups excluding carboxylic acids is 1. The molecule has 0 aliphatic heterocycles. The number of benzene rings is 1. The van der Waals surface area contributed by atoms with Crippen LogP contribution in [0.15, 0.2) is 18.2 Å². The molecule has 1 aromatic rings. The number of hydrogen-bond acceptors (Lipinski definition) is 2. The van der Waals surface area contributed by atoms with Gasteiger partial charge in [0, 0.05) is 12.1 Å². The SMILES string of the molecule is CC(=O)c1cc(CN(C)C)cc(C(F)(F)F)c1. The summed E-state index contributed by atoms with van der Waals surface area (Å²) in [7, 11) is 3.52. The van der Waals surface area contributed by atoms with E-state index in [0.717, 1.165) is 12.1 Å². The third kappa shape index (κ3) is 3.85. The minimum atomic E-state index is -4.42. The Labute approximate surface area is 98.0 Å². The smallest absolute Gasteiger partial charge is 0.305 e. The van der Waals surface area contributed by atoms with Crippen LogP contribution in [0.4, 0.5) is 13.2 Å². The van der Waals surface area contributed by atoms with E-state index in [4.69, 9.17) is 0 Å². The monoisotopic (exact) mass is 245 g/mol. The van der Waals surface area contributed by atoms with Gasteiger partial charge in [0.05, 0.1) is 5.56 Å². The van der Waals surface area contributed by atoms with Gasteiger partial charge in [-0.15, -0.1) is 0 Å². The van der Waals surface area contributed by atoms with E-state index in [9.17, 15) is 18.0 Å². The Morgan fingerprint density at radius 2 is 1.82 bits per heavy atom. The highest BCUT2D eigenvalue weighted by Crippen LogP contribution is 2.31. The first-order valence-electron chi connectivity index (χ1n) is 5.07. The van der Waals surface area contributed by atoms with Crippen LogP contribution in [0, 0.1) is 0 Å². The van der Waals surface area contributed by atoms with Crippen molar-refractivity contribution < 1.29 is 18.0 Å². The van der Waals surface area contributed by atoms with Crippen LogP contribution in [0.1, 0.15) is 28.4 Å². The molecule has 0 unspecified atom stereocenters. The van der Waals surface area contributed by atoms with Gasteiger partial charge in [-0.2, -0.15) is 13.2 Å². The molecule has 0 heterocycles. The summed E-state index contributed by atoms with van der Waals surface area (Å²) in [4.78, 5) is 12.9. The summed E-state index contributed by atoms with van der Waals surface area (Å²) >= 11 is 0. The minimum Gasteiger partial charge on any atom is -0.305 e. The van der Waals surface area contributed by atoms with Crippen molar-refractivity contribution in [3.63, 3.8) is 0 Å². The maximum absolute atomic E-state index is 12.6. The van der Waals surface area contributed by atoms with Crippen LogP contribution in [-0.4, -0.2) is 24.8 Å². The molecule has 0 N–H and O–H groups in total. The summed E-state index contributed by atoms with van der Waals surface area (Å²) < 4.78 is 37.9. The van der Waals surface area contributed by atoms with Crippen molar-refractivity contribution in [2.45, 2.75) is 19.6 Å². The Balaban J connectivity index is 3.24. The molecule has 0 aliphatic rings. The summed E-state index contributed by atoms with van der Waals surface area (Å²) in [6.45, 7) is 1.62. The number of nitrogens with zero attached hydrogens (tertiary/aromatic N) is 1. The van der Waals surface area contributed by atoms with E-state index >= 15 is 0 Å². The lowest BCUT2D eigenvalue weighted by Gasteiger charge is -2.14. The summed E-state index contributed by atoms with van der Waals surface area (Å²) in [6, 6.07) is 3.46. The van der Waals surface area contributed by atoms with Crippen LogP contribution in [0.5, 0.6) is 0 Å². The molecule has 0 amide bonds. The fourth-order valence-corrected chi connectivity index (χ4v) is 1.52. The van der Waals surface area contributed by atoms with Crippen LogP contribution in [0.3, 0.4) is 0 Å². The fourth-order valence-electron chi connectivity index (χ4n) is 1.52. The van der Waals surface area contributed by atoms with E-state index in [1.807, 2.05) is 0 Å². The molecular formula is C12H14F3NO. The maximum Gasteiger partial charge on any atom is 0.416 e. The molecule has 0 atom stereocenters. The quantitative estimate of drug-likeness (QED) is 0.763. The first-order valence-corrected chi connectivity index (χ1v) is 5.07. The molecule has 0 radical (unpaired) electrons. The molecule has 0 aliphatic carbocycles. The number of hydrogen-bond donors (Lipinski definition) is 0. The molecule has 1 aromatic carbocycles. The zero-order valence-electron chi connectivity index (χ0n) is 9.93. The van der Waals surface area contributed by atoms with Crippen LogP contribution in [0.2, 0.25) is 0 Å². The van der Waals surface area contributed by atoms with Crippen LogP contribution < -0.4 is 0 Å². The summed E-state index contributed by atoms with van der Waals surface area (Å²) in [5.41, 5.74) is -0.200. The van der Waals surface area contributed by atoms with Crippen molar-refractivity contribution >= 4 is 5.78 Å². The average Bonchev–Trinajstić information content (AvgIpc) is 2.14. The second kappa shape index (κ2) is 4.87. The van der Waals surface area contributed by atoms with Gasteiger partial charge in [0.15, 0.2) is 5.78 Å². The van der Waals surface area contributed by atoms with Gasteiger partial charge in [-0.25, -0.2) is 0 Å². The largest absolute Gasteiger partial charge is 0.416 e. The number of carbonyl (C=O) groups is 1. The van der Waals surface area contributed by atoms with Gasteiger partial charge in [0.2, 0.25) is 0 Å². The van der Waals surface area contributed by atoms with Crippen molar-refractivity contribution in [2.24, 2.45) is 0 Å².